The summed E-state index contributed by atoms with van der Waals surface area (Å²) in [4.78, 5) is 24.0. The molecule has 4 rings (SSSR count). The van der Waals surface area contributed by atoms with Crippen molar-refractivity contribution in [3.05, 3.63) is 59.3 Å². The molecular formula is C21H22N6O4S. The molecule has 0 atom stereocenters. The summed E-state index contributed by atoms with van der Waals surface area (Å²) in [5.41, 5.74) is 10.1. The van der Waals surface area contributed by atoms with Gasteiger partial charge in [0.15, 0.2) is 5.69 Å². The Balaban J connectivity index is 1.86. The fraction of sp³-hybridized carbons (Fsp3) is 0.190. The zero-order chi connectivity index (χ0) is 23.0. The number of aromatic nitrogens is 2. The molecule has 0 unspecified atom stereocenters. The number of nitrogens with zero attached hydrogens (tertiary/aromatic N) is 2. The number of nitrogens with one attached hydrogen (secondary N) is 2. The van der Waals surface area contributed by atoms with Crippen LogP contribution >= 0.6 is 0 Å². The number of anilines is 1. The van der Waals surface area contributed by atoms with Crippen LogP contribution < -0.4 is 21.5 Å². The van der Waals surface area contributed by atoms with E-state index in [0.717, 1.165) is 11.1 Å². The van der Waals surface area contributed by atoms with Crippen molar-refractivity contribution >= 4 is 27.6 Å². The van der Waals surface area contributed by atoms with Crippen LogP contribution in [0.1, 0.15) is 28.5 Å². The van der Waals surface area contributed by atoms with E-state index in [1.807, 2.05) is 25.1 Å². The normalized spacial score (nSPS) is 12.6. The van der Waals surface area contributed by atoms with Crippen molar-refractivity contribution in [1.82, 2.24) is 15.1 Å². The molecule has 0 saturated heterocycles. The first-order chi connectivity index (χ1) is 15.2. The van der Waals surface area contributed by atoms with Gasteiger partial charge in [-0.25, -0.2) is 23.0 Å². The van der Waals surface area contributed by atoms with Gasteiger partial charge in [0, 0.05) is 23.4 Å². The molecule has 0 aliphatic heterocycles. The number of urea groups is 1. The summed E-state index contributed by atoms with van der Waals surface area (Å²) in [6.45, 7) is 2.31. The van der Waals surface area contributed by atoms with E-state index in [1.165, 1.54) is 12.1 Å². The zero-order valence-corrected chi connectivity index (χ0v) is 18.1. The molecule has 166 valence electrons. The van der Waals surface area contributed by atoms with E-state index in [1.54, 1.807) is 16.8 Å². The number of fused-ring (bicyclic) bond motifs is 3. The number of carbonyl (C=O) groups excluding carboxylic acids is 2. The smallest absolute Gasteiger partial charge is 0.319 e. The molecule has 11 heteroatoms. The van der Waals surface area contributed by atoms with Crippen molar-refractivity contribution in [1.29, 1.82) is 0 Å². The summed E-state index contributed by atoms with van der Waals surface area (Å²) in [6, 6.07) is 11.1. The highest BCUT2D eigenvalue weighted by atomic mass is 32.2. The number of amides is 3. The molecule has 0 bridgehead atoms. The second-order valence-corrected chi connectivity index (χ2v) is 8.91. The molecule has 2 aromatic carbocycles. The Bertz CT molecular complexity index is 1330. The fourth-order valence-electron chi connectivity index (χ4n) is 3.81. The third kappa shape index (κ3) is 3.95. The molecule has 0 spiro atoms. The van der Waals surface area contributed by atoms with E-state index in [0.29, 0.717) is 42.0 Å². The Morgan fingerprint density at radius 2 is 1.84 bits per heavy atom. The third-order valence-electron chi connectivity index (χ3n) is 5.23. The minimum Gasteiger partial charge on any atom is -0.364 e. The first kappa shape index (κ1) is 21.5. The number of nitrogens with two attached hydrogens (primary N) is 2. The van der Waals surface area contributed by atoms with E-state index in [-0.39, 0.29) is 16.6 Å². The predicted octanol–water partition coefficient (Wildman–Crippen LogP) is 1.53. The van der Waals surface area contributed by atoms with Crippen molar-refractivity contribution in [3.8, 4) is 16.9 Å². The summed E-state index contributed by atoms with van der Waals surface area (Å²) in [7, 11) is -3.85. The Labute approximate surface area is 184 Å². The summed E-state index contributed by atoms with van der Waals surface area (Å²) in [6.07, 6.45) is 1.25. The first-order valence-corrected chi connectivity index (χ1v) is 11.5. The highest BCUT2D eigenvalue weighted by Gasteiger charge is 2.28. The molecule has 3 amide bonds. The zero-order valence-electron chi connectivity index (χ0n) is 17.3. The van der Waals surface area contributed by atoms with E-state index >= 15 is 0 Å². The molecule has 1 aliphatic carbocycles. The number of hydrogen-bond donors (Lipinski definition) is 4. The highest BCUT2D eigenvalue weighted by molar-refractivity contribution is 7.89. The van der Waals surface area contributed by atoms with Crippen LogP contribution in [0.4, 0.5) is 10.5 Å². The lowest BCUT2D eigenvalue weighted by Crippen LogP contribution is -2.28. The van der Waals surface area contributed by atoms with E-state index in [9.17, 15) is 18.0 Å². The average molecular weight is 455 g/mol. The van der Waals surface area contributed by atoms with Crippen LogP contribution in [0.2, 0.25) is 0 Å². The Kier molecular flexibility index (Phi) is 5.45. The fourth-order valence-corrected chi connectivity index (χ4v) is 4.33. The van der Waals surface area contributed by atoms with Gasteiger partial charge in [-0.15, -0.1) is 0 Å². The van der Waals surface area contributed by atoms with Crippen molar-refractivity contribution < 1.29 is 18.0 Å². The molecular weight excluding hydrogens is 432 g/mol. The van der Waals surface area contributed by atoms with E-state index < -0.39 is 15.9 Å². The topological polar surface area (TPSA) is 162 Å². The van der Waals surface area contributed by atoms with Gasteiger partial charge < -0.3 is 16.4 Å². The molecule has 3 aromatic rings. The van der Waals surface area contributed by atoms with Crippen LogP contribution in [0.25, 0.3) is 16.9 Å². The molecule has 1 aromatic heterocycles. The lowest BCUT2D eigenvalue weighted by Gasteiger charge is -2.20. The maximum atomic E-state index is 12.1. The quantitative estimate of drug-likeness (QED) is 0.459. The predicted molar refractivity (Wildman–Crippen MR) is 119 cm³/mol. The van der Waals surface area contributed by atoms with Gasteiger partial charge in [-0.05, 0) is 61.7 Å². The molecule has 1 aliphatic rings. The number of carbonyl (C=O) groups is 2. The van der Waals surface area contributed by atoms with Crippen molar-refractivity contribution in [2.75, 3.05) is 11.9 Å². The van der Waals surface area contributed by atoms with Crippen molar-refractivity contribution in [2.24, 2.45) is 10.9 Å². The lowest BCUT2D eigenvalue weighted by atomic mass is 9.88. The number of primary sulfonamides is 1. The van der Waals surface area contributed by atoms with Crippen molar-refractivity contribution in [2.45, 2.75) is 24.7 Å². The van der Waals surface area contributed by atoms with Crippen LogP contribution in [-0.2, 0) is 22.9 Å². The lowest BCUT2D eigenvalue weighted by molar-refractivity contribution is 0.0994. The standard InChI is InChI=1S/C21H22N6O4S/c1-2-24-21(29)25-13-5-3-12-4-10-16-18(20(22)28)26-27(19(16)17(12)11-13)14-6-8-15(9-7-14)32(23,30)31/h3,5-9,11H,2,4,10H2,1H3,(H2,22,28)(H2,23,30,31)(H2,24,25,29). The number of sulfonamides is 1. The van der Waals surface area contributed by atoms with Crippen LogP contribution in [0.3, 0.4) is 0 Å². The van der Waals surface area contributed by atoms with Crippen LogP contribution in [0.5, 0.6) is 0 Å². The molecule has 0 fully saturated rings. The van der Waals surface area contributed by atoms with Crippen LogP contribution in [-0.4, -0.2) is 36.7 Å². The summed E-state index contributed by atoms with van der Waals surface area (Å²) in [5.74, 6) is -0.652. The monoisotopic (exact) mass is 454 g/mol. The van der Waals surface area contributed by atoms with E-state index in [2.05, 4.69) is 15.7 Å². The number of hydrogen-bond acceptors (Lipinski definition) is 5. The number of rotatable bonds is 5. The Morgan fingerprint density at radius 3 is 2.47 bits per heavy atom. The number of primary amides is 1. The van der Waals surface area contributed by atoms with Gasteiger partial charge in [-0.3, -0.25) is 4.79 Å². The van der Waals surface area contributed by atoms with Crippen LogP contribution in [0, 0.1) is 0 Å². The van der Waals surface area contributed by atoms with Gasteiger partial charge >= 0.3 is 6.03 Å². The maximum absolute atomic E-state index is 12.1. The van der Waals surface area contributed by atoms with Gasteiger partial charge in [0.05, 0.1) is 16.3 Å². The summed E-state index contributed by atoms with van der Waals surface area (Å²) in [5, 5.41) is 15.1. The minimum atomic E-state index is -3.85. The summed E-state index contributed by atoms with van der Waals surface area (Å²) < 4.78 is 24.8. The SMILES string of the molecule is CCNC(=O)Nc1ccc2c(c1)-c1c(c(C(N)=O)nn1-c1ccc(S(N)(=O)=O)cc1)CC2. The Hall–Kier alpha value is -3.70. The molecule has 0 saturated carbocycles. The highest BCUT2D eigenvalue weighted by Crippen LogP contribution is 2.38. The van der Waals surface area contributed by atoms with Gasteiger partial charge in [0.25, 0.3) is 5.91 Å². The molecule has 32 heavy (non-hydrogen) atoms. The molecule has 0 radical (unpaired) electrons. The van der Waals surface area contributed by atoms with E-state index in [4.69, 9.17) is 10.9 Å². The molecule has 1 heterocycles. The number of benzene rings is 2. The minimum absolute atomic E-state index is 0.0359. The second kappa shape index (κ2) is 8.09. The van der Waals surface area contributed by atoms with Gasteiger partial charge in [0.1, 0.15) is 0 Å². The largest absolute Gasteiger partial charge is 0.364 e. The van der Waals surface area contributed by atoms with Crippen molar-refractivity contribution in [3.63, 3.8) is 0 Å². The van der Waals surface area contributed by atoms with Crippen LogP contribution in [0.15, 0.2) is 47.4 Å². The maximum Gasteiger partial charge on any atom is 0.319 e. The van der Waals surface area contributed by atoms with Gasteiger partial charge in [-0.1, -0.05) is 6.07 Å². The number of aryl methyl sites for hydroxylation is 1. The molecule has 6 N–H and O–H groups in total. The summed E-state index contributed by atoms with van der Waals surface area (Å²) >= 11 is 0. The van der Waals surface area contributed by atoms with Gasteiger partial charge in [0.2, 0.25) is 10.0 Å². The average Bonchev–Trinajstić information content (AvgIpc) is 3.14. The first-order valence-electron chi connectivity index (χ1n) is 9.92. The second-order valence-electron chi connectivity index (χ2n) is 7.35. The third-order valence-corrected chi connectivity index (χ3v) is 6.16. The molecule has 10 nitrogen and oxygen atoms in total. The van der Waals surface area contributed by atoms with Gasteiger partial charge in [-0.2, -0.15) is 5.10 Å². The Morgan fingerprint density at radius 1 is 1.12 bits per heavy atom.